The zero-order valence-electron chi connectivity index (χ0n) is 10.2. The topological polar surface area (TPSA) is 12.5 Å². The van der Waals surface area contributed by atoms with Crippen LogP contribution in [-0.4, -0.2) is 31.6 Å². The molecule has 1 aliphatic rings. The van der Waals surface area contributed by atoms with Gasteiger partial charge < -0.3 is 9.64 Å². The minimum Gasteiger partial charge on any atom is -0.378 e. The third-order valence-corrected chi connectivity index (χ3v) is 3.79. The molecule has 1 saturated heterocycles. The van der Waals surface area contributed by atoms with Gasteiger partial charge in [-0.05, 0) is 35.8 Å². The van der Waals surface area contributed by atoms with Crippen molar-refractivity contribution >= 4 is 27.2 Å². The van der Waals surface area contributed by atoms with Crippen LogP contribution in [0.3, 0.4) is 0 Å². The lowest BCUT2D eigenvalue weighted by atomic mass is 10.0. The Kier molecular flexibility index (Phi) is 4.24. The van der Waals surface area contributed by atoms with Crippen molar-refractivity contribution in [2.24, 2.45) is 0 Å². The van der Waals surface area contributed by atoms with Crippen LogP contribution >= 0.6 is 15.9 Å². The van der Waals surface area contributed by atoms with Gasteiger partial charge in [0.1, 0.15) is 0 Å². The SMILES string of the molecule is C=C(CBr)c1ccc(N2CCOCC2)c(C)c1. The van der Waals surface area contributed by atoms with Crippen LogP contribution in [0.5, 0.6) is 0 Å². The van der Waals surface area contributed by atoms with Gasteiger partial charge in [0.05, 0.1) is 13.2 Å². The van der Waals surface area contributed by atoms with Gasteiger partial charge in [0.15, 0.2) is 0 Å². The minimum atomic E-state index is 0.823. The molecule has 3 heteroatoms. The average molecular weight is 296 g/mol. The van der Waals surface area contributed by atoms with Crippen molar-refractivity contribution < 1.29 is 4.74 Å². The molecule has 0 bridgehead atoms. The quantitative estimate of drug-likeness (QED) is 0.794. The molecule has 1 aliphatic heterocycles. The first kappa shape index (κ1) is 12.7. The maximum Gasteiger partial charge on any atom is 0.0642 e. The summed E-state index contributed by atoms with van der Waals surface area (Å²) in [5.74, 6) is 0. The van der Waals surface area contributed by atoms with Gasteiger partial charge in [-0.3, -0.25) is 0 Å². The van der Waals surface area contributed by atoms with Gasteiger partial charge >= 0.3 is 0 Å². The van der Waals surface area contributed by atoms with Gasteiger partial charge in [0, 0.05) is 24.1 Å². The van der Waals surface area contributed by atoms with Crippen molar-refractivity contribution in [3.8, 4) is 0 Å². The standard InChI is InChI=1S/C14H18BrNO/c1-11-9-13(12(2)10-15)3-4-14(11)16-5-7-17-8-6-16/h3-4,9H,2,5-8,10H2,1H3. The van der Waals surface area contributed by atoms with Gasteiger partial charge in [-0.15, -0.1) is 0 Å². The summed E-state index contributed by atoms with van der Waals surface area (Å²) < 4.78 is 5.38. The molecule has 0 N–H and O–H groups in total. The molecule has 1 fully saturated rings. The normalized spacial score (nSPS) is 16.0. The molecule has 92 valence electrons. The maximum atomic E-state index is 5.38. The van der Waals surface area contributed by atoms with Crippen molar-refractivity contribution in [1.82, 2.24) is 0 Å². The fraction of sp³-hybridized carbons (Fsp3) is 0.429. The lowest BCUT2D eigenvalue weighted by molar-refractivity contribution is 0.122. The second kappa shape index (κ2) is 5.69. The Morgan fingerprint density at radius 1 is 1.41 bits per heavy atom. The van der Waals surface area contributed by atoms with Crippen LogP contribution in [0.4, 0.5) is 5.69 Å². The number of aryl methyl sites for hydroxylation is 1. The van der Waals surface area contributed by atoms with E-state index in [0.717, 1.165) is 37.2 Å². The zero-order chi connectivity index (χ0) is 12.3. The maximum absolute atomic E-state index is 5.38. The highest BCUT2D eigenvalue weighted by molar-refractivity contribution is 9.09. The molecule has 0 radical (unpaired) electrons. The summed E-state index contributed by atoms with van der Waals surface area (Å²) in [6, 6.07) is 6.57. The highest BCUT2D eigenvalue weighted by Gasteiger charge is 2.13. The lowest BCUT2D eigenvalue weighted by Crippen LogP contribution is -2.36. The van der Waals surface area contributed by atoms with E-state index < -0.39 is 0 Å². The predicted molar refractivity (Wildman–Crippen MR) is 77.0 cm³/mol. The number of alkyl halides is 1. The van der Waals surface area contributed by atoms with E-state index >= 15 is 0 Å². The summed E-state index contributed by atoms with van der Waals surface area (Å²) in [5.41, 5.74) is 4.98. The van der Waals surface area contributed by atoms with E-state index in [1.165, 1.54) is 16.8 Å². The van der Waals surface area contributed by atoms with Crippen LogP contribution in [0.1, 0.15) is 11.1 Å². The van der Waals surface area contributed by atoms with E-state index in [1.54, 1.807) is 0 Å². The Morgan fingerprint density at radius 3 is 2.71 bits per heavy atom. The van der Waals surface area contributed by atoms with Gasteiger partial charge in [-0.1, -0.05) is 28.6 Å². The van der Waals surface area contributed by atoms with Crippen molar-refractivity contribution in [2.75, 3.05) is 36.5 Å². The number of hydrogen-bond acceptors (Lipinski definition) is 2. The van der Waals surface area contributed by atoms with Gasteiger partial charge in [-0.2, -0.15) is 0 Å². The summed E-state index contributed by atoms with van der Waals surface area (Å²) in [5, 5.41) is 0.823. The molecule has 0 unspecified atom stereocenters. The first-order valence-corrected chi connectivity index (χ1v) is 7.02. The van der Waals surface area contributed by atoms with E-state index in [0.29, 0.717) is 0 Å². The summed E-state index contributed by atoms with van der Waals surface area (Å²) >= 11 is 3.44. The molecular weight excluding hydrogens is 278 g/mol. The summed E-state index contributed by atoms with van der Waals surface area (Å²) in [6.45, 7) is 9.84. The predicted octanol–water partition coefficient (Wildman–Crippen LogP) is 3.24. The van der Waals surface area contributed by atoms with E-state index in [-0.39, 0.29) is 0 Å². The second-order valence-electron chi connectivity index (χ2n) is 4.34. The molecule has 1 heterocycles. The van der Waals surface area contributed by atoms with E-state index in [2.05, 4.69) is 52.5 Å². The number of ether oxygens (including phenoxy) is 1. The first-order chi connectivity index (χ1) is 8.22. The molecule has 0 atom stereocenters. The fourth-order valence-electron chi connectivity index (χ4n) is 2.11. The molecule has 0 aliphatic carbocycles. The molecular formula is C14H18BrNO. The number of rotatable bonds is 3. The lowest BCUT2D eigenvalue weighted by Gasteiger charge is -2.30. The Balaban J connectivity index is 2.21. The van der Waals surface area contributed by atoms with Crippen molar-refractivity contribution in [3.05, 3.63) is 35.9 Å². The van der Waals surface area contributed by atoms with Crippen molar-refractivity contribution in [3.63, 3.8) is 0 Å². The Bertz CT molecular complexity index is 411. The second-order valence-corrected chi connectivity index (χ2v) is 4.90. The number of hydrogen-bond donors (Lipinski definition) is 0. The van der Waals surface area contributed by atoms with E-state index in [4.69, 9.17) is 4.74 Å². The third kappa shape index (κ3) is 2.90. The number of benzene rings is 1. The monoisotopic (exact) mass is 295 g/mol. The van der Waals surface area contributed by atoms with Crippen LogP contribution in [0.15, 0.2) is 24.8 Å². The zero-order valence-corrected chi connectivity index (χ0v) is 11.8. The summed E-state index contributed by atoms with van der Waals surface area (Å²) in [4.78, 5) is 2.39. The van der Waals surface area contributed by atoms with Crippen molar-refractivity contribution in [1.29, 1.82) is 0 Å². The highest BCUT2D eigenvalue weighted by Crippen LogP contribution is 2.25. The van der Waals surface area contributed by atoms with Crippen LogP contribution in [0, 0.1) is 6.92 Å². The molecule has 0 saturated carbocycles. The number of anilines is 1. The first-order valence-electron chi connectivity index (χ1n) is 5.90. The number of nitrogens with zero attached hydrogens (tertiary/aromatic N) is 1. The van der Waals surface area contributed by atoms with Gasteiger partial charge in [-0.25, -0.2) is 0 Å². The largest absolute Gasteiger partial charge is 0.378 e. The Morgan fingerprint density at radius 2 is 2.12 bits per heavy atom. The van der Waals surface area contributed by atoms with Crippen LogP contribution in [0.2, 0.25) is 0 Å². The number of morpholine rings is 1. The fourth-order valence-corrected chi connectivity index (χ4v) is 2.44. The van der Waals surface area contributed by atoms with Crippen LogP contribution in [-0.2, 0) is 4.74 Å². The van der Waals surface area contributed by atoms with E-state index in [9.17, 15) is 0 Å². The van der Waals surface area contributed by atoms with E-state index in [1.807, 2.05) is 0 Å². The molecule has 17 heavy (non-hydrogen) atoms. The highest BCUT2D eigenvalue weighted by atomic mass is 79.9. The van der Waals surface area contributed by atoms with Crippen LogP contribution < -0.4 is 4.90 Å². The summed E-state index contributed by atoms with van der Waals surface area (Å²) in [7, 11) is 0. The number of allylic oxidation sites excluding steroid dienone is 1. The smallest absolute Gasteiger partial charge is 0.0642 e. The third-order valence-electron chi connectivity index (χ3n) is 3.12. The molecule has 0 amide bonds. The molecule has 1 aromatic rings. The van der Waals surface area contributed by atoms with Crippen LogP contribution in [0.25, 0.3) is 5.57 Å². The summed E-state index contributed by atoms with van der Waals surface area (Å²) in [6.07, 6.45) is 0. The van der Waals surface area contributed by atoms with Gasteiger partial charge in [0.25, 0.3) is 0 Å². The molecule has 0 aromatic heterocycles. The van der Waals surface area contributed by atoms with Crippen molar-refractivity contribution in [2.45, 2.75) is 6.92 Å². The molecule has 2 rings (SSSR count). The van der Waals surface area contributed by atoms with Gasteiger partial charge in [0.2, 0.25) is 0 Å². The molecule has 2 nitrogen and oxygen atoms in total. The Hall–Kier alpha value is -0.800. The minimum absolute atomic E-state index is 0.823. The average Bonchev–Trinajstić information content (AvgIpc) is 2.38. The molecule has 1 aromatic carbocycles. The number of halogens is 1. The molecule has 0 spiro atoms. The Labute approximate surface area is 111 Å².